The van der Waals surface area contributed by atoms with Crippen molar-refractivity contribution in [2.24, 2.45) is 5.16 Å². The van der Waals surface area contributed by atoms with Crippen LogP contribution in [0.4, 0.5) is 21.9 Å². The number of hydrogen-bond donors (Lipinski definition) is 3. The first-order valence-corrected chi connectivity index (χ1v) is 12.9. The molecule has 1 aliphatic heterocycles. The smallest absolute Gasteiger partial charge is 0.319 e. The molecule has 2 heterocycles. The Hall–Kier alpha value is -5.25. The summed E-state index contributed by atoms with van der Waals surface area (Å²) in [6.45, 7) is -0.00220. The van der Waals surface area contributed by atoms with Crippen molar-refractivity contribution in [1.82, 2.24) is 10.3 Å². The Bertz CT molecular complexity index is 1580. The number of amides is 4. The summed E-state index contributed by atoms with van der Waals surface area (Å²) >= 11 is 0. The van der Waals surface area contributed by atoms with Crippen molar-refractivity contribution >= 4 is 52.0 Å². The predicted molar refractivity (Wildman–Crippen MR) is 154 cm³/mol. The van der Waals surface area contributed by atoms with Gasteiger partial charge in [0.1, 0.15) is 6.54 Å². The van der Waals surface area contributed by atoms with Crippen LogP contribution in [0.1, 0.15) is 17.5 Å². The van der Waals surface area contributed by atoms with Crippen LogP contribution in [0.3, 0.4) is 0 Å². The van der Waals surface area contributed by atoms with E-state index in [0.29, 0.717) is 29.0 Å². The third-order valence-corrected chi connectivity index (χ3v) is 6.66. The molecule has 0 radical (unpaired) electrons. The van der Waals surface area contributed by atoms with E-state index in [1.165, 1.54) is 11.1 Å². The fourth-order valence-corrected chi connectivity index (χ4v) is 4.82. The lowest BCUT2D eigenvalue weighted by Crippen LogP contribution is -2.48. The van der Waals surface area contributed by atoms with Gasteiger partial charge in [0.25, 0.3) is 0 Å². The van der Waals surface area contributed by atoms with E-state index in [4.69, 9.17) is 5.21 Å². The van der Waals surface area contributed by atoms with Crippen molar-refractivity contribution < 1.29 is 19.6 Å². The van der Waals surface area contributed by atoms with Crippen molar-refractivity contribution in [3.63, 3.8) is 0 Å². The number of nitrogens with one attached hydrogen (secondary N) is 2. The number of carbonyl (C=O) groups is 3. The number of urea groups is 1. The van der Waals surface area contributed by atoms with Gasteiger partial charge in [-0.3, -0.25) is 19.5 Å². The zero-order valence-corrected chi connectivity index (χ0v) is 21.7. The van der Waals surface area contributed by atoms with E-state index in [-0.39, 0.29) is 19.0 Å². The minimum atomic E-state index is -0.598. The Morgan fingerprint density at radius 3 is 2.73 bits per heavy atom. The van der Waals surface area contributed by atoms with Gasteiger partial charge in [-0.1, -0.05) is 53.7 Å². The van der Waals surface area contributed by atoms with E-state index in [1.54, 1.807) is 47.5 Å². The summed E-state index contributed by atoms with van der Waals surface area (Å²) in [5.41, 5.74) is 4.06. The SMILES string of the molecule is O=C(NCC(=O)N(CC(=O)N1CCCc2ccccc21)c1cccc2cccnc12)Nc1cccc(/C=N\O)c1. The molecule has 202 valence electrons. The molecule has 1 aromatic heterocycles. The number of benzene rings is 3. The maximum absolute atomic E-state index is 13.6. The van der Waals surface area contributed by atoms with Crippen LogP contribution in [0.15, 0.2) is 90.2 Å². The molecule has 0 spiro atoms. The molecule has 0 bridgehead atoms. The minimum absolute atomic E-state index is 0.214. The highest BCUT2D eigenvalue weighted by molar-refractivity contribution is 6.09. The Kier molecular flexibility index (Phi) is 7.96. The van der Waals surface area contributed by atoms with Gasteiger partial charge >= 0.3 is 6.03 Å². The monoisotopic (exact) mass is 536 g/mol. The summed E-state index contributed by atoms with van der Waals surface area (Å²) in [6.07, 6.45) is 4.60. The molecule has 4 amide bonds. The number of aromatic nitrogens is 1. The summed E-state index contributed by atoms with van der Waals surface area (Å²) < 4.78 is 0. The molecular formula is C30H28N6O4. The first-order valence-electron chi connectivity index (χ1n) is 12.9. The maximum atomic E-state index is 13.6. The summed E-state index contributed by atoms with van der Waals surface area (Å²) in [4.78, 5) is 47.4. The number of oxime groups is 1. The lowest BCUT2D eigenvalue weighted by atomic mass is 10.0. The van der Waals surface area contributed by atoms with Crippen molar-refractivity contribution in [3.8, 4) is 0 Å². The highest BCUT2D eigenvalue weighted by Crippen LogP contribution is 2.29. The van der Waals surface area contributed by atoms with E-state index < -0.39 is 11.9 Å². The number of rotatable bonds is 7. The second kappa shape index (κ2) is 12.1. The van der Waals surface area contributed by atoms with Crippen molar-refractivity contribution in [2.45, 2.75) is 12.8 Å². The van der Waals surface area contributed by atoms with Crippen molar-refractivity contribution in [1.29, 1.82) is 0 Å². The van der Waals surface area contributed by atoms with Crippen LogP contribution in [0.2, 0.25) is 0 Å². The molecule has 3 N–H and O–H groups in total. The van der Waals surface area contributed by atoms with Crippen molar-refractivity contribution in [3.05, 3.63) is 96.2 Å². The van der Waals surface area contributed by atoms with Crippen LogP contribution in [0.25, 0.3) is 10.9 Å². The summed E-state index contributed by atoms with van der Waals surface area (Å²) in [7, 11) is 0. The molecule has 10 heteroatoms. The minimum Gasteiger partial charge on any atom is -0.411 e. The van der Waals surface area contributed by atoms with Crippen LogP contribution in [-0.2, 0) is 16.0 Å². The largest absolute Gasteiger partial charge is 0.411 e. The van der Waals surface area contributed by atoms with Gasteiger partial charge in [0.15, 0.2) is 0 Å². The third kappa shape index (κ3) is 5.91. The van der Waals surface area contributed by atoms with E-state index in [0.717, 1.165) is 29.5 Å². The number of fused-ring (bicyclic) bond motifs is 2. The second-order valence-electron chi connectivity index (χ2n) is 9.29. The molecule has 10 nitrogen and oxygen atoms in total. The quantitative estimate of drug-likeness (QED) is 0.186. The molecule has 1 aliphatic rings. The fraction of sp³-hybridized carbons (Fsp3) is 0.167. The Balaban J connectivity index is 1.36. The fourth-order valence-electron chi connectivity index (χ4n) is 4.82. The summed E-state index contributed by atoms with van der Waals surface area (Å²) in [5, 5.41) is 17.8. The first kappa shape index (κ1) is 26.4. The van der Waals surface area contributed by atoms with E-state index in [1.807, 2.05) is 42.5 Å². The van der Waals surface area contributed by atoms with Gasteiger partial charge in [0.05, 0.1) is 24.0 Å². The van der Waals surface area contributed by atoms with Gasteiger partial charge in [-0.2, -0.15) is 0 Å². The third-order valence-electron chi connectivity index (χ3n) is 6.66. The van der Waals surface area contributed by atoms with Crippen LogP contribution < -0.4 is 20.4 Å². The molecule has 3 aromatic carbocycles. The van der Waals surface area contributed by atoms with Crippen molar-refractivity contribution in [2.75, 3.05) is 34.8 Å². The van der Waals surface area contributed by atoms with Gasteiger partial charge in [0, 0.05) is 29.5 Å². The highest BCUT2D eigenvalue weighted by atomic mass is 16.4. The zero-order chi connectivity index (χ0) is 27.9. The van der Waals surface area contributed by atoms with Gasteiger partial charge in [-0.05, 0) is 54.3 Å². The summed E-state index contributed by atoms with van der Waals surface area (Å²) in [5.74, 6) is -0.687. The number of pyridine rings is 1. The molecule has 0 saturated carbocycles. The number of anilines is 3. The summed E-state index contributed by atoms with van der Waals surface area (Å²) in [6, 6.07) is 23.0. The Morgan fingerprint density at radius 2 is 1.85 bits per heavy atom. The molecule has 5 rings (SSSR count). The van der Waals surface area contributed by atoms with Crippen LogP contribution in [0, 0.1) is 0 Å². The molecule has 4 aromatic rings. The average Bonchev–Trinajstić information content (AvgIpc) is 2.98. The van der Waals surface area contributed by atoms with E-state index in [9.17, 15) is 14.4 Å². The lowest BCUT2D eigenvalue weighted by Gasteiger charge is -2.32. The molecular weight excluding hydrogens is 508 g/mol. The Morgan fingerprint density at radius 1 is 1.02 bits per heavy atom. The number of hydrogen-bond acceptors (Lipinski definition) is 6. The molecule has 0 aliphatic carbocycles. The van der Waals surface area contributed by atoms with Gasteiger partial charge in [-0.25, -0.2) is 4.79 Å². The highest BCUT2D eigenvalue weighted by Gasteiger charge is 2.28. The van der Waals surface area contributed by atoms with Crippen LogP contribution in [-0.4, -0.2) is 53.9 Å². The second-order valence-corrected chi connectivity index (χ2v) is 9.29. The molecule has 0 saturated heterocycles. The first-order chi connectivity index (χ1) is 19.5. The van der Waals surface area contributed by atoms with E-state index in [2.05, 4.69) is 20.8 Å². The zero-order valence-electron chi connectivity index (χ0n) is 21.7. The predicted octanol–water partition coefficient (Wildman–Crippen LogP) is 4.18. The Labute approximate surface area is 230 Å². The van der Waals surface area contributed by atoms with Crippen LogP contribution >= 0.6 is 0 Å². The molecule has 0 atom stereocenters. The number of para-hydroxylation sites is 2. The van der Waals surface area contributed by atoms with Crippen LogP contribution in [0.5, 0.6) is 0 Å². The molecule has 0 unspecified atom stereocenters. The van der Waals surface area contributed by atoms with Gasteiger partial charge in [-0.15, -0.1) is 0 Å². The van der Waals surface area contributed by atoms with Gasteiger partial charge in [0.2, 0.25) is 11.8 Å². The molecule has 40 heavy (non-hydrogen) atoms. The average molecular weight is 537 g/mol. The lowest BCUT2D eigenvalue weighted by molar-refractivity contribution is -0.122. The van der Waals surface area contributed by atoms with Gasteiger partial charge < -0.3 is 20.7 Å². The number of carbonyl (C=O) groups excluding carboxylic acids is 3. The normalized spacial score (nSPS) is 12.7. The standard InChI is InChI=1S/C30H28N6O4/c37-27(19-32-30(39)34-24-12-3-7-21(17-24)18-33-40)36(26-14-4-9-23-10-5-15-31-29(23)26)20-28(38)35-16-6-11-22-8-1-2-13-25(22)35/h1-5,7-10,12-15,17-18,40H,6,11,16,19-20H2,(H2,32,34,39)/b33-18-. The maximum Gasteiger partial charge on any atom is 0.319 e. The van der Waals surface area contributed by atoms with E-state index >= 15 is 0 Å². The molecule has 0 fully saturated rings. The topological polar surface area (TPSA) is 127 Å². The number of nitrogens with zero attached hydrogens (tertiary/aromatic N) is 4. The number of aryl methyl sites for hydroxylation is 1.